The molecule has 0 bridgehead atoms. The number of nitrogens with zero attached hydrogens (tertiary/aromatic N) is 3. The zero-order chi connectivity index (χ0) is 13.8. The molecule has 0 saturated carbocycles. The first-order valence-corrected chi connectivity index (χ1v) is 6.83. The van der Waals surface area contributed by atoms with E-state index in [1.165, 1.54) is 16.7 Å². The first-order valence-electron chi connectivity index (χ1n) is 6.83. The molecule has 0 aliphatic rings. The molecule has 1 unspecified atom stereocenters. The fourth-order valence-electron chi connectivity index (χ4n) is 2.44. The number of nitrogens with one attached hydrogen (secondary N) is 1. The summed E-state index contributed by atoms with van der Waals surface area (Å²) in [6.45, 7) is 7.31. The summed E-state index contributed by atoms with van der Waals surface area (Å²) >= 11 is 0. The van der Waals surface area contributed by atoms with E-state index in [1.54, 1.807) is 0 Å². The quantitative estimate of drug-likeness (QED) is 0.895. The minimum Gasteiger partial charge on any atom is -0.306 e. The van der Waals surface area contributed by atoms with Gasteiger partial charge < -0.3 is 5.32 Å². The van der Waals surface area contributed by atoms with E-state index in [0.717, 1.165) is 18.7 Å². The Morgan fingerprint density at radius 1 is 1.32 bits per heavy atom. The lowest BCUT2D eigenvalue weighted by Gasteiger charge is -2.19. The Kier molecular flexibility index (Phi) is 4.32. The molecule has 4 heteroatoms. The maximum atomic E-state index is 4.54. The molecule has 102 valence electrons. The highest BCUT2D eigenvalue weighted by atomic mass is 15.3. The molecule has 1 N–H and O–H groups in total. The lowest BCUT2D eigenvalue weighted by Crippen LogP contribution is -2.23. The van der Waals surface area contributed by atoms with E-state index in [0.29, 0.717) is 0 Å². The monoisotopic (exact) mass is 258 g/mol. The van der Waals surface area contributed by atoms with Crippen LogP contribution in [0.3, 0.4) is 0 Å². The largest absolute Gasteiger partial charge is 0.306 e. The van der Waals surface area contributed by atoms with Crippen molar-refractivity contribution in [1.29, 1.82) is 0 Å². The molecule has 0 aromatic carbocycles. The van der Waals surface area contributed by atoms with E-state index >= 15 is 0 Å². The highest BCUT2D eigenvalue weighted by Gasteiger charge is 2.20. The van der Waals surface area contributed by atoms with Gasteiger partial charge in [-0.05, 0) is 37.1 Å². The molecule has 0 spiro atoms. The standard InChI is InChI=1S/C15H22N4/c1-5-14-13(10-19(4)18-14)15(17-6-2)12-9-16-8-7-11(12)3/h7-10,15,17H,5-6H2,1-4H3. The van der Waals surface area contributed by atoms with Gasteiger partial charge in [0.2, 0.25) is 0 Å². The van der Waals surface area contributed by atoms with Gasteiger partial charge in [0.15, 0.2) is 0 Å². The van der Waals surface area contributed by atoms with Gasteiger partial charge in [-0.2, -0.15) is 5.10 Å². The predicted molar refractivity (Wildman–Crippen MR) is 77.1 cm³/mol. The molecule has 19 heavy (non-hydrogen) atoms. The van der Waals surface area contributed by atoms with Gasteiger partial charge in [-0.15, -0.1) is 0 Å². The topological polar surface area (TPSA) is 42.7 Å². The highest BCUT2D eigenvalue weighted by Crippen LogP contribution is 2.26. The van der Waals surface area contributed by atoms with Crippen molar-refractivity contribution in [2.75, 3.05) is 6.54 Å². The maximum Gasteiger partial charge on any atom is 0.0673 e. The van der Waals surface area contributed by atoms with Crippen LogP contribution in [0.25, 0.3) is 0 Å². The van der Waals surface area contributed by atoms with Crippen molar-refractivity contribution in [2.45, 2.75) is 33.2 Å². The smallest absolute Gasteiger partial charge is 0.0673 e. The number of pyridine rings is 1. The van der Waals surface area contributed by atoms with Gasteiger partial charge in [0.05, 0.1) is 11.7 Å². The Morgan fingerprint density at radius 2 is 2.11 bits per heavy atom. The molecular formula is C15H22N4. The first-order chi connectivity index (χ1) is 9.17. The van der Waals surface area contributed by atoms with Crippen LogP contribution in [0.4, 0.5) is 0 Å². The second kappa shape index (κ2) is 5.97. The molecule has 2 heterocycles. The summed E-state index contributed by atoms with van der Waals surface area (Å²) in [6, 6.07) is 2.23. The Labute approximate surface area is 114 Å². The summed E-state index contributed by atoms with van der Waals surface area (Å²) in [6.07, 6.45) is 6.84. The van der Waals surface area contributed by atoms with E-state index in [2.05, 4.69) is 48.4 Å². The zero-order valence-corrected chi connectivity index (χ0v) is 12.1. The van der Waals surface area contributed by atoms with Crippen LogP contribution in [-0.4, -0.2) is 21.3 Å². The average Bonchev–Trinajstić information content (AvgIpc) is 2.78. The Bertz CT molecular complexity index is 545. The summed E-state index contributed by atoms with van der Waals surface area (Å²) in [5.74, 6) is 0. The van der Waals surface area contributed by atoms with Crippen LogP contribution in [0.15, 0.2) is 24.7 Å². The number of rotatable bonds is 5. The Hall–Kier alpha value is -1.68. The minimum atomic E-state index is 0.169. The number of aryl methyl sites for hydroxylation is 3. The van der Waals surface area contributed by atoms with Crippen LogP contribution in [0, 0.1) is 6.92 Å². The van der Waals surface area contributed by atoms with Crippen LogP contribution in [0.1, 0.15) is 42.3 Å². The van der Waals surface area contributed by atoms with Crippen LogP contribution >= 0.6 is 0 Å². The van der Waals surface area contributed by atoms with E-state index in [9.17, 15) is 0 Å². The molecule has 0 fully saturated rings. The lowest BCUT2D eigenvalue weighted by atomic mass is 9.96. The van der Waals surface area contributed by atoms with Crippen molar-refractivity contribution in [3.63, 3.8) is 0 Å². The number of aromatic nitrogens is 3. The number of hydrogen-bond donors (Lipinski definition) is 1. The predicted octanol–water partition coefficient (Wildman–Crippen LogP) is 2.38. The van der Waals surface area contributed by atoms with Gasteiger partial charge in [0.25, 0.3) is 0 Å². The third-order valence-electron chi connectivity index (χ3n) is 3.38. The van der Waals surface area contributed by atoms with Crippen molar-refractivity contribution in [3.05, 3.63) is 47.0 Å². The molecule has 4 nitrogen and oxygen atoms in total. The lowest BCUT2D eigenvalue weighted by molar-refractivity contribution is 0.620. The molecule has 2 aromatic heterocycles. The van der Waals surface area contributed by atoms with Crippen LogP contribution in [0.2, 0.25) is 0 Å². The van der Waals surface area contributed by atoms with Gasteiger partial charge in [-0.1, -0.05) is 13.8 Å². The van der Waals surface area contributed by atoms with Crippen LogP contribution in [-0.2, 0) is 13.5 Å². The molecular weight excluding hydrogens is 236 g/mol. The van der Waals surface area contributed by atoms with E-state index in [1.807, 2.05) is 24.1 Å². The second-order valence-corrected chi connectivity index (χ2v) is 4.78. The van der Waals surface area contributed by atoms with Gasteiger partial charge in [0.1, 0.15) is 0 Å². The molecule has 2 rings (SSSR count). The number of hydrogen-bond acceptors (Lipinski definition) is 3. The van der Waals surface area contributed by atoms with Gasteiger partial charge in [-0.25, -0.2) is 0 Å². The van der Waals surface area contributed by atoms with E-state index in [-0.39, 0.29) is 6.04 Å². The fourth-order valence-corrected chi connectivity index (χ4v) is 2.44. The SMILES string of the molecule is CCNC(c1cnccc1C)c1cn(C)nc1CC. The Morgan fingerprint density at radius 3 is 2.74 bits per heavy atom. The van der Waals surface area contributed by atoms with Crippen molar-refractivity contribution in [3.8, 4) is 0 Å². The first kappa shape index (κ1) is 13.7. The van der Waals surface area contributed by atoms with Crippen molar-refractivity contribution >= 4 is 0 Å². The fraction of sp³-hybridized carbons (Fsp3) is 0.467. The zero-order valence-electron chi connectivity index (χ0n) is 12.1. The highest BCUT2D eigenvalue weighted by molar-refractivity contribution is 5.36. The maximum absolute atomic E-state index is 4.54. The summed E-state index contributed by atoms with van der Waals surface area (Å²) < 4.78 is 1.89. The molecule has 2 aromatic rings. The summed E-state index contributed by atoms with van der Waals surface area (Å²) in [4.78, 5) is 4.27. The van der Waals surface area contributed by atoms with E-state index < -0.39 is 0 Å². The summed E-state index contributed by atoms with van der Waals surface area (Å²) in [5, 5.41) is 8.09. The van der Waals surface area contributed by atoms with E-state index in [4.69, 9.17) is 0 Å². The van der Waals surface area contributed by atoms with Crippen LogP contribution < -0.4 is 5.32 Å². The molecule has 0 radical (unpaired) electrons. The van der Waals surface area contributed by atoms with Gasteiger partial charge in [-0.3, -0.25) is 9.67 Å². The van der Waals surface area contributed by atoms with Crippen molar-refractivity contribution in [1.82, 2.24) is 20.1 Å². The van der Waals surface area contributed by atoms with Crippen molar-refractivity contribution in [2.24, 2.45) is 7.05 Å². The molecule has 0 amide bonds. The summed E-state index contributed by atoms with van der Waals surface area (Å²) in [7, 11) is 1.97. The molecule has 1 atom stereocenters. The third kappa shape index (κ3) is 2.84. The average molecular weight is 258 g/mol. The van der Waals surface area contributed by atoms with Crippen LogP contribution in [0.5, 0.6) is 0 Å². The third-order valence-corrected chi connectivity index (χ3v) is 3.38. The second-order valence-electron chi connectivity index (χ2n) is 4.78. The molecule has 0 saturated heterocycles. The minimum absolute atomic E-state index is 0.169. The summed E-state index contributed by atoms with van der Waals surface area (Å²) in [5.41, 5.74) is 4.89. The normalized spacial score (nSPS) is 12.6. The molecule has 0 aliphatic heterocycles. The Balaban J connectivity index is 2.48. The molecule has 0 aliphatic carbocycles. The van der Waals surface area contributed by atoms with Crippen molar-refractivity contribution < 1.29 is 0 Å². The van der Waals surface area contributed by atoms with Gasteiger partial charge >= 0.3 is 0 Å². The van der Waals surface area contributed by atoms with Gasteiger partial charge in [0, 0.05) is 31.2 Å².